The van der Waals surface area contributed by atoms with Crippen molar-refractivity contribution < 1.29 is 9.53 Å². The van der Waals surface area contributed by atoms with E-state index in [9.17, 15) is 4.79 Å². The zero-order chi connectivity index (χ0) is 21.4. The second-order valence-electron chi connectivity index (χ2n) is 7.68. The molecular weight excluding hydrogens is 390 g/mol. The standard InChI is InChI=1S/C24H23N5O2/c1-15-14-29-18(10-5-11-19(29)22(25)30)20(15)23-27-17-9-6-12-31-21(17)24(28-23)26-13-16-7-3-2-4-8-16/h2-5,7-8,10-11,14H,6,9,12-13H2,1H3,(H2,25,30)(H,26,27,28). The highest BCUT2D eigenvalue weighted by Gasteiger charge is 2.23. The minimum absolute atomic E-state index is 0.426. The number of amides is 1. The number of pyridine rings is 1. The number of rotatable bonds is 5. The van der Waals surface area contributed by atoms with E-state index >= 15 is 0 Å². The second-order valence-corrected chi connectivity index (χ2v) is 7.68. The normalized spacial score (nSPS) is 12.9. The van der Waals surface area contributed by atoms with Gasteiger partial charge >= 0.3 is 0 Å². The van der Waals surface area contributed by atoms with Crippen LogP contribution in [0.2, 0.25) is 0 Å². The van der Waals surface area contributed by atoms with E-state index < -0.39 is 5.91 Å². The molecule has 1 aliphatic rings. The number of carbonyl (C=O) groups excluding carboxylic acids is 1. The van der Waals surface area contributed by atoms with Crippen molar-refractivity contribution in [3.63, 3.8) is 0 Å². The highest BCUT2D eigenvalue weighted by Crippen LogP contribution is 2.36. The number of benzene rings is 1. The molecule has 0 bridgehead atoms. The molecule has 31 heavy (non-hydrogen) atoms. The Kier molecular flexibility index (Phi) is 4.78. The lowest BCUT2D eigenvalue weighted by molar-refractivity contribution is 0.0994. The summed E-state index contributed by atoms with van der Waals surface area (Å²) in [6.07, 6.45) is 3.66. The van der Waals surface area contributed by atoms with E-state index in [1.165, 1.54) is 0 Å². The van der Waals surface area contributed by atoms with Gasteiger partial charge in [0.25, 0.3) is 5.91 Å². The van der Waals surface area contributed by atoms with Crippen LogP contribution in [0, 0.1) is 6.92 Å². The van der Waals surface area contributed by atoms with E-state index in [-0.39, 0.29) is 0 Å². The third-order valence-electron chi connectivity index (χ3n) is 5.52. The minimum atomic E-state index is -0.475. The number of fused-ring (bicyclic) bond motifs is 2. The van der Waals surface area contributed by atoms with Crippen LogP contribution >= 0.6 is 0 Å². The first-order valence-electron chi connectivity index (χ1n) is 10.3. The summed E-state index contributed by atoms with van der Waals surface area (Å²) >= 11 is 0. The van der Waals surface area contributed by atoms with Crippen molar-refractivity contribution in [2.75, 3.05) is 11.9 Å². The molecule has 0 fully saturated rings. The van der Waals surface area contributed by atoms with Crippen molar-refractivity contribution in [1.29, 1.82) is 0 Å². The topological polar surface area (TPSA) is 94.5 Å². The summed E-state index contributed by atoms with van der Waals surface area (Å²) in [6, 6.07) is 15.7. The molecule has 0 spiro atoms. The van der Waals surface area contributed by atoms with E-state index in [4.69, 9.17) is 20.4 Å². The van der Waals surface area contributed by atoms with Crippen LogP contribution in [0.25, 0.3) is 16.9 Å². The molecule has 3 N–H and O–H groups in total. The largest absolute Gasteiger partial charge is 0.488 e. The molecule has 3 aromatic heterocycles. The third kappa shape index (κ3) is 3.48. The summed E-state index contributed by atoms with van der Waals surface area (Å²) in [5.74, 6) is 1.55. The molecule has 0 saturated carbocycles. The Balaban J connectivity index is 1.62. The van der Waals surface area contributed by atoms with Crippen LogP contribution in [-0.4, -0.2) is 26.9 Å². The molecule has 7 nitrogen and oxygen atoms in total. The van der Waals surface area contributed by atoms with E-state index in [0.717, 1.165) is 46.5 Å². The van der Waals surface area contributed by atoms with Crippen LogP contribution in [0.3, 0.4) is 0 Å². The number of nitrogens with two attached hydrogens (primary N) is 1. The Morgan fingerprint density at radius 1 is 1.16 bits per heavy atom. The maximum Gasteiger partial charge on any atom is 0.265 e. The minimum Gasteiger partial charge on any atom is -0.488 e. The van der Waals surface area contributed by atoms with Crippen molar-refractivity contribution >= 4 is 17.2 Å². The molecule has 0 saturated heterocycles. The van der Waals surface area contributed by atoms with Gasteiger partial charge in [-0.15, -0.1) is 0 Å². The monoisotopic (exact) mass is 413 g/mol. The number of nitrogens with zero attached hydrogens (tertiary/aromatic N) is 3. The Morgan fingerprint density at radius 3 is 2.81 bits per heavy atom. The Bertz CT molecular complexity index is 1280. The van der Waals surface area contributed by atoms with Gasteiger partial charge in [0.1, 0.15) is 5.69 Å². The molecule has 4 heterocycles. The van der Waals surface area contributed by atoms with Gasteiger partial charge < -0.3 is 20.2 Å². The van der Waals surface area contributed by atoms with E-state index in [2.05, 4.69) is 17.4 Å². The first-order valence-corrected chi connectivity index (χ1v) is 10.3. The lowest BCUT2D eigenvalue weighted by atomic mass is 10.1. The molecule has 0 atom stereocenters. The fourth-order valence-electron chi connectivity index (χ4n) is 4.06. The number of aromatic nitrogens is 3. The van der Waals surface area contributed by atoms with Crippen molar-refractivity contribution in [3.05, 3.63) is 77.2 Å². The van der Waals surface area contributed by atoms with Gasteiger partial charge in [0.2, 0.25) is 0 Å². The highest BCUT2D eigenvalue weighted by atomic mass is 16.5. The number of ether oxygens (including phenoxy) is 1. The van der Waals surface area contributed by atoms with Crippen molar-refractivity contribution in [1.82, 2.24) is 14.4 Å². The summed E-state index contributed by atoms with van der Waals surface area (Å²) in [5.41, 5.74) is 10.8. The number of primary amides is 1. The highest BCUT2D eigenvalue weighted by molar-refractivity contribution is 5.94. The van der Waals surface area contributed by atoms with Crippen LogP contribution in [0.15, 0.2) is 54.7 Å². The predicted octanol–water partition coefficient (Wildman–Crippen LogP) is 3.74. The van der Waals surface area contributed by atoms with Crippen LogP contribution in [0.5, 0.6) is 5.75 Å². The average Bonchev–Trinajstić information content (AvgIpc) is 3.13. The number of carbonyl (C=O) groups is 1. The van der Waals surface area contributed by atoms with Gasteiger partial charge in [-0.3, -0.25) is 4.79 Å². The van der Waals surface area contributed by atoms with Crippen LogP contribution in [0.4, 0.5) is 5.82 Å². The molecule has 4 aromatic rings. The Morgan fingerprint density at radius 2 is 2.00 bits per heavy atom. The molecule has 1 amide bonds. The quantitative estimate of drug-likeness (QED) is 0.520. The maximum absolute atomic E-state index is 11.9. The fraction of sp³-hybridized carbons (Fsp3) is 0.208. The number of aryl methyl sites for hydroxylation is 2. The van der Waals surface area contributed by atoms with Gasteiger partial charge in [-0.05, 0) is 43.0 Å². The second kappa shape index (κ2) is 7.75. The lowest BCUT2D eigenvalue weighted by Gasteiger charge is -2.20. The van der Waals surface area contributed by atoms with E-state index in [1.807, 2.05) is 47.9 Å². The maximum atomic E-state index is 11.9. The number of nitrogens with one attached hydrogen (secondary N) is 1. The van der Waals surface area contributed by atoms with Crippen LogP contribution in [-0.2, 0) is 13.0 Å². The van der Waals surface area contributed by atoms with Crippen LogP contribution in [0.1, 0.15) is 33.7 Å². The van der Waals surface area contributed by atoms with E-state index in [1.54, 1.807) is 6.07 Å². The first-order chi connectivity index (χ1) is 15.1. The Hall–Kier alpha value is -3.87. The predicted molar refractivity (Wildman–Crippen MR) is 119 cm³/mol. The zero-order valence-electron chi connectivity index (χ0n) is 17.3. The molecular formula is C24H23N5O2. The molecule has 0 aliphatic carbocycles. The molecule has 5 rings (SSSR count). The summed E-state index contributed by atoms with van der Waals surface area (Å²) in [4.78, 5) is 21.6. The van der Waals surface area contributed by atoms with Gasteiger partial charge in [-0.25, -0.2) is 9.97 Å². The van der Waals surface area contributed by atoms with Gasteiger partial charge in [-0.2, -0.15) is 0 Å². The lowest BCUT2D eigenvalue weighted by Crippen LogP contribution is -2.15. The summed E-state index contributed by atoms with van der Waals surface area (Å²) in [7, 11) is 0. The van der Waals surface area contributed by atoms with E-state index in [0.29, 0.717) is 30.5 Å². The fourth-order valence-corrected chi connectivity index (χ4v) is 4.06. The molecule has 156 valence electrons. The molecule has 7 heteroatoms. The molecule has 0 unspecified atom stereocenters. The van der Waals surface area contributed by atoms with Crippen molar-refractivity contribution in [3.8, 4) is 17.1 Å². The van der Waals surface area contributed by atoms with Gasteiger partial charge in [0.15, 0.2) is 17.4 Å². The zero-order valence-corrected chi connectivity index (χ0v) is 17.3. The molecule has 1 aliphatic heterocycles. The number of hydrogen-bond donors (Lipinski definition) is 2. The van der Waals surface area contributed by atoms with Crippen molar-refractivity contribution in [2.45, 2.75) is 26.3 Å². The third-order valence-corrected chi connectivity index (χ3v) is 5.52. The van der Waals surface area contributed by atoms with Gasteiger partial charge in [0, 0.05) is 18.3 Å². The number of hydrogen-bond acceptors (Lipinski definition) is 5. The SMILES string of the molecule is Cc1cn2c(C(N)=O)cccc2c1-c1nc2c(c(NCc3ccccc3)n1)OCCC2. The summed E-state index contributed by atoms with van der Waals surface area (Å²) < 4.78 is 7.74. The smallest absolute Gasteiger partial charge is 0.265 e. The number of anilines is 1. The first kappa shape index (κ1) is 19.1. The van der Waals surface area contributed by atoms with Crippen molar-refractivity contribution in [2.24, 2.45) is 5.73 Å². The van der Waals surface area contributed by atoms with Gasteiger partial charge in [-0.1, -0.05) is 36.4 Å². The van der Waals surface area contributed by atoms with Gasteiger partial charge in [0.05, 0.1) is 17.8 Å². The van der Waals surface area contributed by atoms with Crippen LogP contribution < -0.4 is 15.8 Å². The average molecular weight is 413 g/mol. The Labute approximate surface area is 179 Å². The molecule has 1 aromatic carbocycles. The molecule has 0 radical (unpaired) electrons. The summed E-state index contributed by atoms with van der Waals surface area (Å²) in [5, 5.41) is 3.43. The summed E-state index contributed by atoms with van der Waals surface area (Å²) in [6.45, 7) is 3.28.